The average Bonchev–Trinajstić information content (AvgIpc) is 2.85. The zero-order valence-corrected chi connectivity index (χ0v) is 13.0. The van der Waals surface area contributed by atoms with Crippen LogP contribution in [0, 0.1) is 6.92 Å². The number of carbonyl (C=O) groups is 1. The standard InChI is InChI=1S/C17H16N4O3/c1-11-19-14-4-2-3-5-15(14)21(11)10-17(24)20-18-9-12-6-7-13(22)8-16(12)23/h2-9,22-23H,10H2,1H3,(H,20,24)/b18-9+. The molecule has 2 aromatic carbocycles. The van der Waals surface area contributed by atoms with Gasteiger partial charge in [-0.15, -0.1) is 0 Å². The molecule has 0 aliphatic carbocycles. The fourth-order valence-corrected chi connectivity index (χ4v) is 2.39. The lowest BCUT2D eigenvalue weighted by Gasteiger charge is -2.05. The Morgan fingerprint density at radius 2 is 2.08 bits per heavy atom. The van der Waals surface area contributed by atoms with Gasteiger partial charge in [-0.25, -0.2) is 10.4 Å². The largest absolute Gasteiger partial charge is 0.508 e. The number of carbonyl (C=O) groups excluding carboxylic acids is 1. The number of nitrogens with one attached hydrogen (secondary N) is 1. The molecule has 3 N–H and O–H groups in total. The fourth-order valence-electron chi connectivity index (χ4n) is 2.39. The number of rotatable bonds is 4. The molecule has 122 valence electrons. The molecule has 7 heteroatoms. The van der Waals surface area contributed by atoms with E-state index in [1.165, 1.54) is 24.4 Å². The van der Waals surface area contributed by atoms with Crippen molar-refractivity contribution in [3.8, 4) is 11.5 Å². The number of imidazole rings is 1. The molecule has 0 unspecified atom stereocenters. The number of hydrazone groups is 1. The molecule has 0 saturated heterocycles. The van der Waals surface area contributed by atoms with Crippen molar-refractivity contribution >= 4 is 23.2 Å². The second kappa shape index (κ2) is 6.41. The van der Waals surface area contributed by atoms with Crippen molar-refractivity contribution in [1.29, 1.82) is 0 Å². The van der Waals surface area contributed by atoms with Crippen molar-refractivity contribution in [2.75, 3.05) is 0 Å². The van der Waals surface area contributed by atoms with Gasteiger partial charge in [0.2, 0.25) is 0 Å². The lowest BCUT2D eigenvalue weighted by molar-refractivity contribution is -0.121. The molecule has 24 heavy (non-hydrogen) atoms. The summed E-state index contributed by atoms with van der Waals surface area (Å²) in [4.78, 5) is 16.5. The average molecular weight is 324 g/mol. The second-order valence-electron chi connectivity index (χ2n) is 5.27. The zero-order valence-electron chi connectivity index (χ0n) is 13.0. The fraction of sp³-hybridized carbons (Fsp3) is 0.118. The predicted octanol–water partition coefficient (Wildman–Crippen LogP) is 1.91. The number of aryl methyl sites for hydroxylation is 1. The summed E-state index contributed by atoms with van der Waals surface area (Å²) in [5, 5.41) is 22.7. The SMILES string of the molecule is Cc1nc2ccccc2n1CC(=O)N/N=C/c1ccc(O)cc1O. The highest BCUT2D eigenvalue weighted by molar-refractivity contribution is 5.86. The number of benzene rings is 2. The number of aromatic nitrogens is 2. The van der Waals surface area contributed by atoms with E-state index in [1.54, 1.807) is 4.57 Å². The third kappa shape index (κ3) is 3.19. The Labute approximate surface area is 137 Å². The quantitative estimate of drug-likeness (QED) is 0.504. The first-order valence-electron chi connectivity index (χ1n) is 7.30. The maximum atomic E-state index is 12.1. The normalized spacial score (nSPS) is 11.2. The van der Waals surface area contributed by atoms with Gasteiger partial charge in [-0.3, -0.25) is 4.79 Å². The van der Waals surface area contributed by atoms with Gasteiger partial charge in [-0.05, 0) is 31.2 Å². The number of para-hydroxylation sites is 2. The summed E-state index contributed by atoms with van der Waals surface area (Å²) >= 11 is 0. The van der Waals surface area contributed by atoms with Crippen molar-refractivity contribution in [2.24, 2.45) is 5.10 Å². The summed E-state index contributed by atoms with van der Waals surface area (Å²) in [6.07, 6.45) is 1.31. The van der Waals surface area contributed by atoms with E-state index in [0.29, 0.717) is 5.56 Å². The molecule has 0 fully saturated rings. The number of amides is 1. The molecule has 0 aliphatic heterocycles. The van der Waals surface area contributed by atoms with E-state index >= 15 is 0 Å². The topological polar surface area (TPSA) is 99.7 Å². The lowest BCUT2D eigenvalue weighted by atomic mass is 10.2. The molecule has 0 saturated carbocycles. The Balaban J connectivity index is 1.69. The van der Waals surface area contributed by atoms with Crippen LogP contribution >= 0.6 is 0 Å². The van der Waals surface area contributed by atoms with Crippen LogP contribution in [0.15, 0.2) is 47.6 Å². The van der Waals surface area contributed by atoms with Crippen molar-refractivity contribution in [3.63, 3.8) is 0 Å². The van der Waals surface area contributed by atoms with Crippen molar-refractivity contribution in [3.05, 3.63) is 53.9 Å². The van der Waals surface area contributed by atoms with E-state index in [2.05, 4.69) is 15.5 Å². The summed E-state index contributed by atoms with van der Waals surface area (Å²) < 4.78 is 1.80. The number of hydrogen-bond acceptors (Lipinski definition) is 5. The maximum Gasteiger partial charge on any atom is 0.260 e. The van der Waals surface area contributed by atoms with Crippen molar-refractivity contribution in [2.45, 2.75) is 13.5 Å². The summed E-state index contributed by atoms with van der Waals surface area (Å²) in [7, 11) is 0. The Bertz CT molecular complexity index is 931. The van der Waals surface area contributed by atoms with Gasteiger partial charge in [0.25, 0.3) is 5.91 Å². The van der Waals surface area contributed by atoms with Gasteiger partial charge in [0.15, 0.2) is 0 Å². The number of phenolic OH excluding ortho intramolecular Hbond substituents is 2. The van der Waals surface area contributed by atoms with E-state index in [1.807, 2.05) is 31.2 Å². The first kappa shape index (κ1) is 15.5. The molecule has 7 nitrogen and oxygen atoms in total. The second-order valence-corrected chi connectivity index (χ2v) is 5.27. The summed E-state index contributed by atoms with van der Waals surface area (Å²) in [6.45, 7) is 1.93. The smallest absolute Gasteiger partial charge is 0.260 e. The Hall–Kier alpha value is -3.35. The molecule has 0 atom stereocenters. The molecule has 0 radical (unpaired) electrons. The molecule has 1 amide bonds. The van der Waals surface area contributed by atoms with Crippen LogP contribution in [-0.4, -0.2) is 31.9 Å². The number of nitrogens with zero attached hydrogens (tertiary/aromatic N) is 3. The van der Waals surface area contributed by atoms with Crippen LogP contribution < -0.4 is 5.43 Å². The number of phenols is 2. The number of aromatic hydroxyl groups is 2. The minimum atomic E-state index is -0.309. The molecular formula is C17H16N4O3. The van der Waals surface area contributed by atoms with E-state index in [9.17, 15) is 15.0 Å². The maximum absolute atomic E-state index is 12.1. The van der Waals surface area contributed by atoms with E-state index in [0.717, 1.165) is 16.9 Å². The minimum absolute atomic E-state index is 0.0452. The molecule has 3 aromatic rings. The van der Waals surface area contributed by atoms with Gasteiger partial charge in [0.1, 0.15) is 23.9 Å². The minimum Gasteiger partial charge on any atom is -0.508 e. The van der Waals surface area contributed by atoms with Crippen LogP contribution in [0.2, 0.25) is 0 Å². The van der Waals surface area contributed by atoms with Crippen molar-refractivity contribution < 1.29 is 15.0 Å². The summed E-state index contributed by atoms with van der Waals surface area (Å²) in [5.74, 6) is 0.267. The molecule has 0 spiro atoms. The molecular weight excluding hydrogens is 308 g/mol. The van der Waals surface area contributed by atoms with Gasteiger partial charge in [-0.1, -0.05) is 12.1 Å². The Morgan fingerprint density at radius 1 is 1.29 bits per heavy atom. The third-order valence-electron chi connectivity index (χ3n) is 3.55. The first-order chi connectivity index (χ1) is 11.5. The first-order valence-corrected chi connectivity index (χ1v) is 7.30. The Kier molecular flexibility index (Phi) is 4.15. The number of fused-ring (bicyclic) bond motifs is 1. The molecule has 1 heterocycles. The van der Waals surface area contributed by atoms with Gasteiger partial charge in [0.05, 0.1) is 17.2 Å². The number of hydrogen-bond donors (Lipinski definition) is 3. The van der Waals surface area contributed by atoms with Crippen LogP contribution in [0.1, 0.15) is 11.4 Å². The van der Waals surface area contributed by atoms with Crippen LogP contribution in [0.3, 0.4) is 0 Å². The zero-order chi connectivity index (χ0) is 17.1. The predicted molar refractivity (Wildman–Crippen MR) is 90.0 cm³/mol. The molecule has 1 aromatic heterocycles. The van der Waals surface area contributed by atoms with Gasteiger partial charge in [-0.2, -0.15) is 5.10 Å². The van der Waals surface area contributed by atoms with Crippen molar-refractivity contribution in [1.82, 2.24) is 15.0 Å². The molecule has 3 rings (SSSR count). The third-order valence-corrected chi connectivity index (χ3v) is 3.55. The van der Waals surface area contributed by atoms with Crippen LogP contribution in [0.4, 0.5) is 0 Å². The highest BCUT2D eigenvalue weighted by atomic mass is 16.3. The lowest BCUT2D eigenvalue weighted by Crippen LogP contribution is -2.23. The van der Waals surface area contributed by atoms with E-state index < -0.39 is 0 Å². The molecule has 0 aliphatic rings. The van der Waals surface area contributed by atoms with Crippen LogP contribution in [-0.2, 0) is 11.3 Å². The van der Waals surface area contributed by atoms with Gasteiger partial charge < -0.3 is 14.8 Å². The van der Waals surface area contributed by atoms with Gasteiger partial charge in [0, 0.05) is 11.6 Å². The Morgan fingerprint density at radius 3 is 2.88 bits per heavy atom. The van der Waals surface area contributed by atoms with Crippen LogP contribution in [0.5, 0.6) is 11.5 Å². The van der Waals surface area contributed by atoms with Gasteiger partial charge >= 0.3 is 0 Å². The highest BCUT2D eigenvalue weighted by Gasteiger charge is 2.10. The van der Waals surface area contributed by atoms with E-state index in [4.69, 9.17) is 0 Å². The summed E-state index contributed by atoms with van der Waals surface area (Å²) in [6, 6.07) is 11.7. The van der Waals surface area contributed by atoms with E-state index in [-0.39, 0.29) is 24.0 Å². The highest BCUT2D eigenvalue weighted by Crippen LogP contribution is 2.20. The summed E-state index contributed by atoms with van der Waals surface area (Å²) in [5.41, 5.74) is 4.51. The monoisotopic (exact) mass is 324 g/mol. The van der Waals surface area contributed by atoms with Crippen LogP contribution in [0.25, 0.3) is 11.0 Å². The molecule has 0 bridgehead atoms.